The number of esters is 1. The van der Waals surface area contributed by atoms with E-state index < -0.39 is 5.41 Å². The molecule has 2 aromatic rings. The fourth-order valence-electron chi connectivity index (χ4n) is 2.27. The van der Waals surface area contributed by atoms with Gasteiger partial charge < -0.3 is 9.14 Å². The first kappa shape index (κ1) is 11.7. The highest BCUT2D eigenvalue weighted by Gasteiger charge is 2.54. The molecule has 18 heavy (non-hydrogen) atoms. The van der Waals surface area contributed by atoms with E-state index in [1.54, 1.807) is 6.20 Å². The predicted octanol–water partition coefficient (Wildman–Crippen LogP) is 2.69. The largest absolute Gasteiger partial charge is 0.465 e. The maximum absolute atomic E-state index is 12.1. The van der Waals surface area contributed by atoms with Gasteiger partial charge in [0.2, 0.25) is 0 Å². The minimum Gasteiger partial charge on any atom is -0.465 e. The highest BCUT2D eigenvalue weighted by Crippen LogP contribution is 2.49. The number of fused-ring (bicyclic) bond motifs is 1. The number of carbonyl (C=O) groups excluding carboxylic acids is 1. The van der Waals surface area contributed by atoms with Gasteiger partial charge in [-0.25, -0.2) is 4.98 Å². The third-order valence-corrected chi connectivity index (χ3v) is 3.85. The van der Waals surface area contributed by atoms with Gasteiger partial charge in [0.15, 0.2) is 0 Å². The Balaban J connectivity index is 2.09. The smallest absolute Gasteiger partial charge is 0.318 e. The zero-order valence-corrected chi connectivity index (χ0v) is 11.6. The maximum Gasteiger partial charge on any atom is 0.318 e. The number of halogens is 1. The molecule has 3 rings (SSSR count). The summed E-state index contributed by atoms with van der Waals surface area (Å²) in [4.78, 5) is 16.4. The van der Waals surface area contributed by atoms with E-state index in [2.05, 4.69) is 20.9 Å². The second-order valence-corrected chi connectivity index (χ2v) is 5.44. The lowest BCUT2D eigenvalue weighted by Crippen LogP contribution is -2.24. The fraction of sp³-hybridized carbons (Fsp3) is 0.385. The van der Waals surface area contributed by atoms with Crippen LogP contribution >= 0.6 is 15.9 Å². The molecular weight excluding hydrogens is 296 g/mol. The van der Waals surface area contributed by atoms with Crippen LogP contribution in [0.25, 0.3) is 5.65 Å². The van der Waals surface area contributed by atoms with E-state index in [0.29, 0.717) is 6.61 Å². The molecule has 0 radical (unpaired) electrons. The lowest BCUT2D eigenvalue weighted by molar-refractivity contribution is -0.146. The van der Waals surface area contributed by atoms with Gasteiger partial charge >= 0.3 is 5.97 Å². The van der Waals surface area contributed by atoms with Crippen molar-refractivity contribution in [3.8, 4) is 0 Å². The first-order valence-corrected chi connectivity index (χ1v) is 6.77. The summed E-state index contributed by atoms with van der Waals surface area (Å²) >= 11 is 3.44. The number of ether oxygens (including phenoxy) is 1. The molecule has 4 nitrogen and oxygen atoms in total. The van der Waals surface area contributed by atoms with Crippen molar-refractivity contribution in [2.45, 2.75) is 25.2 Å². The lowest BCUT2D eigenvalue weighted by Gasteiger charge is -2.13. The quantitative estimate of drug-likeness (QED) is 0.819. The van der Waals surface area contributed by atoms with Crippen LogP contribution in [-0.4, -0.2) is 22.0 Å². The standard InChI is InChI=1S/C13H13BrN2O2/c1-2-18-12(17)13(5-6-13)10-7-15-11-4-3-9(14)8-16(10)11/h3-4,7-8H,2,5-6H2,1H3. The van der Waals surface area contributed by atoms with E-state index >= 15 is 0 Å². The lowest BCUT2D eigenvalue weighted by atomic mass is 10.0. The van der Waals surface area contributed by atoms with Crippen molar-refractivity contribution >= 4 is 27.5 Å². The molecule has 0 atom stereocenters. The number of pyridine rings is 1. The van der Waals surface area contributed by atoms with Crippen molar-refractivity contribution < 1.29 is 9.53 Å². The van der Waals surface area contributed by atoms with Crippen LogP contribution in [0.4, 0.5) is 0 Å². The molecule has 0 amide bonds. The Bertz CT molecular complexity index is 616. The molecule has 0 aromatic carbocycles. The monoisotopic (exact) mass is 308 g/mol. The summed E-state index contributed by atoms with van der Waals surface area (Å²) in [6.45, 7) is 2.25. The molecule has 0 spiro atoms. The van der Waals surface area contributed by atoms with Crippen molar-refractivity contribution in [2.24, 2.45) is 0 Å². The van der Waals surface area contributed by atoms with Gasteiger partial charge in [-0.3, -0.25) is 4.79 Å². The number of aromatic nitrogens is 2. The average molecular weight is 309 g/mol. The van der Waals surface area contributed by atoms with Gasteiger partial charge in [-0.2, -0.15) is 0 Å². The van der Waals surface area contributed by atoms with Crippen LogP contribution in [-0.2, 0) is 14.9 Å². The summed E-state index contributed by atoms with van der Waals surface area (Å²) in [5.41, 5.74) is 1.30. The average Bonchev–Trinajstić information content (AvgIpc) is 3.05. The third kappa shape index (κ3) is 1.65. The number of hydrogen-bond donors (Lipinski definition) is 0. The Morgan fingerprint density at radius 3 is 3.00 bits per heavy atom. The zero-order valence-electron chi connectivity index (χ0n) is 10.0. The van der Waals surface area contributed by atoms with Crippen molar-refractivity contribution in [3.05, 3.63) is 34.7 Å². The molecular formula is C13H13BrN2O2. The second kappa shape index (κ2) is 4.09. The van der Waals surface area contributed by atoms with Gasteiger partial charge in [0.1, 0.15) is 11.1 Å². The van der Waals surface area contributed by atoms with Crippen molar-refractivity contribution in [3.63, 3.8) is 0 Å². The first-order valence-electron chi connectivity index (χ1n) is 5.98. The molecule has 1 fully saturated rings. The van der Waals surface area contributed by atoms with Crippen molar-refractivity contribution in [2.75, 3.05) is 6.61 Å². The summed E-state index contributed by atoms with van der Waals surface area (Å²) in [5, 5.41) is 0. The Hall–Kier alpha value is -1.36. The SMILES string of the molecule is CCOC(=O)C1(c2cnc3ccc(Br)cn23)CC1. The van der Waals surface area contributed by atoms with Crippen LogP contribution in [0.3, 0.4) is 0 Å². The van der Waals surface area contributed by atoms with Crippen LogP contribution in [0.15, 0.2) is 29.0 Å². The molecule has 2 aromatic heterocycles. The molecule has 5 heteroatoms. The zero-order chi connectivity index (χ0) is 12.8. The van der Waals surface area contributed by atoms with Crippen LogP contribution in [0.1, 0.15) is 25.5 Å². The molecule has 1 saturated carbocycles. The minimum absolute atomic E-state index is 0.133. The molecule has 94 valence electrons. The van der Waals surface area contributed by atoms with Gasteiger partial charge in [-0.1, -0.05) is 0 Å². The van der Waals surface area contributed by atoms with Crippen LogP contribution in [0.5, 0.6) is 0 Å². The first-order chi connectivity index (χ1) is 8.67. The topological polar surface area (TPSA) is 43.6 Å². The van der Waals surface area contributed by atoms with E-state index in [4.69, 9.17) is 4.74 Å². The Labute approximate surface area is 113 Å². The summed E-state index contributed by atoms with van der Waals surface area (Å²) < 4.78 is 8.11. The summed E-state index contributed by atoms with van der Waals surface area (Å²) in [6, 6.07) is 3.87. The maximum atomic E-state index is 12.1. The number of carbonyl (C=O) groups is 1. The number of nitrogens with zero attached hydrogens (tertiary/aromatic N) is 2. The van der Waals surface area contributed by atoms with E-state index in [1.807, 2.05) is 29.7 Å². The molecule has 0 unspecified atom stereocenters. The van der Waals surface area contributed by atoms with E-state index in [9.17, 15) is 4.79 Å². The van der Waals surface area contributed by atoms with Gasteiger partial charge in [-0.15, -0.1) is 0 Å². The Morgan fingerprint density at radius 1 is 1.56 bits per heavy atom. The van der Waals surface area contributed by atoms with Crippen LogP contribution < -0.4 is 0 Å². The molecule has 1 aliphatic rings. The minimum atomic E-state index is -0.476. The van der Waals surface area contributed by atoms with Gasteiger partial charge in [-0.05, 0) is 47.8 Å². The Kier molecular flexibility index (Phi) is 2.66. The highest BCUT2D eigenvalue weighted by atomic mass is 79.9. The van der Waals surface area contributed by atoms with E-state index in [0.717, 1.165) is 28.7 Å². The van der Waals surface area contributed by atoms with Crippen LogP contribution in [0.2, 0.25) is 0 Å². The molecule has 1 aliphatic carbocycles. The molecule has 2 heterocycles. The van der Waals surface area contributed by atoms with Crippen molar-refractivity contribution in [1.82, 2.24) is 9.38 Å². The fourth-order valence-corrected chi connectivity index (χ4v) is 2.60. The summed E-state index contributed by atoms with van der Waals surface area (Å²) in [7, 11) is 0. The third-order valence-electron chi connectivity index (χ3n) is 3.38. The van der Waals surface area contributed by atoms with E-state index in [1.165, 1.54) is 0 Å². The number of rotatable bonds is 3. The summed E-state index contributed by atoms with van der Waals surface area (Å²) in [5.74, 6) is -0.133. The number of hydrogen-bond acceptors (Lipinski definition) is 3. The predicted molar refractivity (Wildman–Crippen MR) is 70.4 cm³/mol. The van der Waals surface area contributed by atoms with Gasteiger partial charge in [0, 0.05) is 10.7 Å². The van der Waals surface area contributed by atoms with Crippen molar-refractivity contribution in [1.29, 1.82) is 0 Å². The van der Waals surface area contributed by atoms with E-state index in [-0.39, 0.29) is 5.97 Å². The molecule has 0 aliphatic heterocycles. The summed E-state index contributed by atoms with van der Waals surface area (Å²) in [6.07, 6.45) is 5.40. The molecule has 0 N–H and O–H groups in total. The van der Waals surface area contributed by atoms with Crippen LogP contribution in [0, 0.1) is 0 Å². The number of imidazole rings is 1. The Morgan fingerprint density at radius 2 is 2.33 bits per heavy atom. The van der Waals surface area contributed by atoms with Gasteiger partial charge in [0.05, 0.1) is 18.5 Å². The normalized spacial score (nSPS) is 16.8. The highest BCUT2D eigenvalue weighted by molar-refractivity contribution is 9.10. The van der Waals surface area contributed by atoms with Gasteiger partial charge in [0.25, 0.3) is 0 Å². The second-order valence-electron chi connectivity index (χ2n) is 4.52. The molecule has 0 bridgehead atoms. The molecule has 0 saturated heterocycles.